The average molecular weight is 546 g/mol. The molecular formula is C19H25BBrN3O10. The normalized spacial score (nSPS) is 12.2. The van der Waals surface area contributed by atoms with Crippen LogP contribution in [-0.2, 0) is 19.2 Å². The summed E-state index contributed by atoms with van der Waals surface area (Å²) in [4.78, 5) is 58.9. The van der Waals surface area contributed by atoms with Crippen molar-refractivity contribution >= 4 is 64.0 Å². The number of urea groups is 1. The molecular weight excluding hydrogens is 521 g/mol. The van der Waals surface area contributed by atoms with Crippen LogP contribution in [0.1, 0.15) is 32.1 Å². The number of benzene rings is 1. The summed E-state index contributed by atoms with van der Waals surface area (Å²) in [5.41, 5.74) is 0.668. The molecule has 1 aromatic rings. The van der Waals surface area contributed by atoms with Gasteiger partial charge in [-0.1, -0.05) is 22.0 Å². The summed E-state index contributed by atoms with van der Waals surface area (Å²) in [7, 11) is -0.201. The van der Waals surface area contributed by atoms with E-state index in [1.165, 1.54) is 30.1 Å². The van der Waals surface area contributed by atoms with Crippen LogP contribution in [0.25, 0.3) is 0 Å². The zero-order chi connectivity index (χ0) is 26.0. The highest BCUT2D eigenvalue weighted by molar-refractivity contribution is 9.10. The molecule has 34 heavy (non-hydrogen) atoms. The van der Waals surface area contributed by atoms with Crippen LogP contribution in [0.3, 0.4) is 0 Å². The summed E-state index contributed by atoms with van der Waals surface area (Å²) in [6, 6.07) is 0.432. The molecule has 0 heterocycles. The van der Waals surface area contributed by atoms with E-state index < -0.39 is 49.6 Å². The van der Waals surface area contributed by atoms with Crippen molar-refractivity contribution in [3.63, 3.8) is 0 Å². The van der Waals surface area contributed by atoms with Crippen LogP contribution in [0.5, 0.6) is 0 Å². The number of rotatable bonds is 13. The predicted octanol–water partition coefficient (Wildman–Crippen LogP) is -0.668. The quantitative estimate of drug-likeness (QED) is 0.155. The van der Waals surface area contributed by atoms with Gasteiger partial charge in [0.2, 0.25) is 5.91 Å². The van der Waals surface area contributed by atoms with Gasteiger partial charge in [-0.3, -0.25) is 9.59 Å². The first kappa shape index (κ1) is 28.9. The van der Waals surface area contributed by atoms with E-state index in [2.05, 4.69) is 21.2 Å². The SMILES string of the molecule is CN(C(=O)CCC[C@H](NC(=O)N[C@@H](CCC(=O)O)C(=O)O)C(=O)O)c1ccc(B(O)O)c(Br)c1. The zero-order valence-electron chi connectivity index (χ0n) is 18.1. The monoisotopic (exact) mass is 545 g/mol. The van der Waals surface area contributed by atoms with Gasteiger partial charge < -0.3 is 40.9 Å². The molecule has 0 saturated carbocycles. The molecule has 0 aromatic heterocycles. The van der Waals surface area contributed by atoms with Crippen LogP contribution in [0.2, 0.25) is 0 Å². The summed E-state index contributed by atoms with van der Waals surface area (Å²) < 4.78 is 0.379. The molecule has 0 aliphatic rings. The number of nitrogens with zero attached hydrogens (tertiary/aromatic N) is 1. The van der Waals surface area contributed by atoms with Crippen LogP contribution < -0.4 is 21.0 Å². The molecule has 7 N–H and O–H groups in total. The van der Waals surface area contributed by atoms with Crippen LogP contribution in [0, 0.1) is 0 Å². The Morgan fingerprint density at radius 2 is 1.53 bits per heavy atom. The van der Waals surface area contributed by atoms with E-state index in [0.29, 0.717) is 10.2 Å². The van der Waals surface area contributed by atoms with E-state index in [-0.39, 0.29) is 37.1 Å². The number of carboxylic acid groups (broad SMARTS) is 3. The lowest BCUT2D eigenvalue weighted by atomic mass is 9.80. The molecule has 0 saturated heterocycles. The summed E-state index contributed by atoms with van der Waals surface area (Å²) >= 11 is 3.18. The first-order valence-electron chi connectivity index (χ1n) is 10.00. The van der Waals surface area contributed by atoms with E-state index in [1.807, 2.05) is 5.32 Å². The van der Waals surface area contributed by atoms with Gasteiger partial charge in [0.15, 0.2) is 0 Å². The molecule has 0 bridgehead atoms. The second-order valence-corrected chi connectivity index (χ2v) is 8.11. The van der Waals surface area contributed by atoms with Gasteiger partial charge >= 0.3 is 31.1 Å². The highest BCUT2D eigenvalue weighted by Gasteiger charge is 2.25. The molecule has 3 amide bonds. The van der Waals surface area contributed by atoms with Gasteiger partial charge in [-0.2, -0.15) is 0 Å². The molecule has 13 nitrogen and oxygen atoms in total. The second kappa shape index (κ2) is 13.5. The van der Waals surface area contributed by atoms with Crippen LogP contribution in [0.4, 0.5) is 10.5 Å². The number of carbonyl (C=O) groups is 5. The van der Waals surface area contributed by atoms with Gasteiger partial charge in [0, 0.05) is 30.0 Å². The van der Waals surface area contributed by atoms with Crippen LogP contribution in [-0.4, -0.2) is 81.5 Å². The van der Waals surface area contributed by atoms with Crippen LogP contribution in [0.15, 0.2) is 22.7 Å². The summed E-state index contributed by atoms with van der Waals surface area (Å²) in [6.07, 6.45) is -1.01. The van der Waals surface area contributed by atoms with Crippen molar-refractivity contribution in [2.75, 3.05) is 11.9 Å². The van der Waals surface area contributed by atoms with Crippen molar-refractivity contribution in [2.24, 2.45) is 0 Å². The zero-order valence-corrected chi connectivity index (χ0v) is 19.7. The lowest BCUT2D eigenvalue weighted by Gasteiger charge is -2.20. The average Bonchev–Trinajstić information content (AvgIpc) is 2.74. The fraction of sp³-hybridized carbons (Fsp3) is 0.421. The summed E-state index contributed by atoms with van der Waals surface area (Å²) in [5.74, 6) is -4.47. The molecule has 0 fully saturated rings. The molecule has 2 atom stereocenters. The van der Waals surface area contributed by atoms with Gasteiger partial charge in [0.25, 0.3) is 0 Å². The molecule has 186 valence electrons. The van der Waals surface area contributed by atoms with E-state index in [4.69, 9.17) is 10.2 Å². The number of halogens is 1. The number of anilines is 1. The number of nitrogens with one attached hydrogen (secondary N) is 2. The third kappa shape index (κ3) is 9.37. The van der Waals surface area contributed by atoms with Gasteiger partial charge in [-0.05, 0) is 36.9 Å². The first-order valence-corrected chi connectivity index (χ1v) is 10.8. The Hall–Kier alpha value is -3.17. The second-order valence-electron chi connectivity index (χ2n) is 7.26. The largest absolute Gasteiger partial charge is 0.489 e. The maximum absolute atomic E-state index is 12.4. The number of hydrogen-bond acceptors (Lipinski definition) is 7. The van der Waals surface area contributed by atoms with Crippen molar-refractivity contribution in [3.8, 4) is 0 Å². The molecule has 0 aliphatic heterocycles. The standard InChI is InChI=1S/C19H25BBrN3O10/c1-24(10-5-6-11(20(33)34)12(21)9-10)15(25)4-2-3-13(17(28)29)22-19(32)23-14(18(30)31)7-8-16(26)27/h5-6,9,13-14,33-34H,2-4,7-8H2,1H3,(H,26,27)(H,28,29)(H,30,31)(H2,22,23,32)/t13-,14-/m0/s1. The van der Waals surface area contributed by atoms with E-state index in [0.717, 1.165) is 0 Å². The third-order valence-electron chi connectivity index (χ3n) is 4.76. The van der Waals surface area contributed by atoms with Gasteiger partial charge in [0.1, 0.15) is 12.1 Å². The third-order valence-corrected chi connectivity index (χ3v) is 5.45. The molecule has 0 unspecified atom stereocenters. The van der Waals surface area contributed by atoms with Gasteiger partial charge in [0.05, 0.1) is 0 Å². The van der Waals surface area contributed by atoms with Gasteiger partial charge in [-0.15, -0.1) is 0 Å². The molecule has 0 radical (unpaired) electrons. The van der Waals surface area contributed by atoms with Gasteiger partial charge in [-0.25, -0.2) is 14.4 Å². The topological polar surface area (TPSA) is 214 Å². The highest BCUT2D eigenvalue weighted by Crippen LogP contribution is 2.19. The van der Waals surface area contributed by atoms with E-state index in [9.17, 15) is 39.1 Å². The van der Waals surface area contributed by atoms with E-state index in [1.54, 1.807) is 0 Å². The fourth-order valence-electron chi connectivity index (χ4n) is 2.84. The lowest BCUT2D eigenvalue weighted by Crippen LogP contribution is -2.51. The number of hydrogen-bond donors (Lipinski definition) is 7. The minimum atomic E-state index is -1.69. The van der Waals surface area contributed by atoms with E-state index >= 15 is 0 Å². The lowest BCUT2D eigenvalue weighted by molar-refractivity contribution is -0.140. The Kier molecular flexibility index (Phi) is 11.5. The predicted molar refractivity (Wildman–Crippen MR) is 123 cm³/mol. The Balaban J connectivity index is 2.64. The van der Waals surface area contributed by atoms with Crippen molar-refractivity contribution in [1.29, 1.82) is 0 Å². The number of amides is 3. The number of carbonyl (C=O) groups excluding carboxylic acids is 2. The van der Waals surface area contributed by atoms with Crippen molar-refractivity contribution in [2.45, 2.75) is 44.2 Å². The Labute approximate surface area is 203 Å². The van der Waals surface area contributed by atoms with Crippen molar-refractivity contribution < 1.29 is 49.3 Å². The van der Waals surface area contributed by atoms with Crippen molar-refractivity contribution in [1.82, 2.24) is 10.6 Å². The highest BCUT2D eigenvalue weighted by atomic mass is 79.9. The molecule has 0 spiro atoms. The molecule has 1 aromatic carbocycles. The Morgan fingerprint density at radius 1 is 0.971 bits per heavy atom. The fourth-order valence-corrected chi connectivity index (χ4v) is 3.42. The minimum Gasteiger partial charge on any atom is -0.481 e. The first-order chi connectivity index (χ1) is 15.8. The Morgan fingerprint density at radius 3 is 2.00 bits per heavy atom. The van der Waals surface area contributed by atoms with Crippen molar-refractivity contribution in [3.05, 3.63) is 22.7 Å². The van der Waals surface area contributed by atoms with Crippen LogP contribution >= 0.6 is 15.9 Å². The smallest absolute Gasteiger partial charge is 0.481 e. The summed E-state index contributed by atoms with van der Waals surface area (Å²) in [5, 5.41) is 49.7. The summed E-state index contributed by atoms with van der Waals surface area (Å²) in [6.45, 7) is 0. The molecule has 0 aliphatic carbocycles. The number of carboxylic acids is 3. The minimum absolute atomic E-state index is 0.0675. The number of aliphatic carboxylic acids is 3. The Bertz CT molecular complexity index is 930. The maximum Gasteiger partial charge on any atom is 0.489 e. The molecule has 1 rings (SSSR count). The molecule has 15 heteroatoms. The maximum atomic E-state index is 12.4.